The molecule has 0 aliphatic rings. The van der Waals surface area contributed by atoms with E-state index in [2.05, 4.69) is 9.97 Å². The third-order valence-corrected chi connectivity index (χ3v) is 2.36. The van der Waals surface area contributed by atoms with Gasteiger partial charge in [0.25, 0.3) is 0 Å². The lowest BCUT2D eigenvalue weighted by Gasteiger charge is -2.06. The van der Waals surface area contributed by atoms with Gasteiger partial charge < -0.3 is 10.8 Å². The predicted molar refractivity (Wildman–Crippen MR) is 62.0 cm³/mol. The fourth-order valence-electron chi connectivity index (χ4n) is 1.42. The molecule has 18 heavy (non-hydrogen) atoms. The van der Waals surface area contributed by atoms with Crippen molar-refractivity contribution in [3.63, 3.8) is 0 Å². The molecule has 0 radical (unpaired) electrons. The topological polar surface area (TPSA) is 89.1 Å². The van der Waals surface area contributed by atoms with Gasteiger partial charge in [0.2, 0.25) is 0 Å². The van der Waals surface area contributed by atoms with Gasteiger partial charge in [-0.1, -0.05) is 0 Å². The van der Waals surface area contributed by atoms with Crippen LogP contribution in [0.5, 0.6) is 0 Å². The van der Waals surface area contributed by atoms with Gasteiger partial charge in [-0.25, -0.2) is 14.4 Å². The fourth-order valence-corrected chi connectivity index (χ4v) is 1.42. The fraction of sp³-hybridized carbons (Fsp3) is 0.0833. The molecule has 6 heteroatoms. The summed E-state index contributed by atoms with van der Waals surface area (Å²) in [5, 5.41) is 8.78. The van der Waals surface area contributed by atoms with E-state index in [-0.39, 0.29) is 11.6 Å². The quantitative estimate of drug-likeness (QED) is 0.854. The number of hydrogen-bond acceptors (Lipinski definition) is 4. The van der Waals surface area contributed by atoms with E-state index in [0.29, 0.717) is 11.3 Å². The molecule has 3 N–H and O–H groups in total. The molecule has 0 saturated heterocycles. The van der Waals surface area contributed by atoms with Crippen LogP contribution in [-0.2, 0) is 4.79 Å². The Morgan fingerprint density at radius 2 is 1.94 bits per heavy atom. The van der Waals surface area contributed by atoms with Gasteiger partial charge in [-0.3, -0.25) is 4.79 Å². The van der Waals surface area contributed by atoms with E-state index in [1.54, 1.807) is 18.2 Å². The highest BCUT2D eigenvalue weighted by Gasteiger charge is 2.17. The number of nitrogens with two attached hydrogens (primary N) is 1. The maximum atomic E-state index is 12.8. The monoisotopic (exact) mass is 247 g/mol. The first-order valence-corrected chi connectivity index (χ1v) is 5.15. The Bertz CT molecular complexity index is 572. The number of carboxylic acid groups (broad SMARTS) is 1. The van der Waals surface area contributed by atoms with Gasteiger partial charge in [-0.2, -0.15) is 0 Å². The first-order chi connectivity index (χ1) is 8.58. The smallest absolute Gasteiger partial charge is 0.328 e. The number of carbonyl (C=O) groups is 1. The van der Waals surface area contributed by atoms with Crippen molar-refractivity contribution in [2.75, 3.05) is 0 Å². The third kappa shape index (κ3) is 2.49. The molecule has 0 amide bonds. The Balaban J connectivity index is 2.38. The predicted octanol–water partition coefficient (Wildman–Crippen LogP) is 1.37. The van der Waals surface area contributed by atoms with Crippen LogP contribution in [0.2, 0.25) is 0 Å². The summed E-state index contributed by atoms with van der Waals surface area (Å²) in [7, 11) is 0. The molecule has 5 nitrogen and oxygen atoms in total. The molecule has 2 aromatic rings. The van der Waals surface area contributed by atoms with E-state index in [9.17, 15) is 9.18 Å². The van der Waals surface area contributed by atoms with Crippen LogP contribution in [0.3, 0.4) is 0 Å². The second-order valence-electron chi connectivity index (χ2n) is 3.62. The maximum absolute atomic E-state index is 12.8. The van der Waals surface area contributed by atoms with Crippen LogP contribution < -0.4 is 5.73 Å². The van der Waals surface area contributed by atoms with Gasteiger partial charge in [0.05, 0.1) is 5.69 Å². The second-order valence-corrected chi connectivity index (χ2v) is 3.62. The number of hydrogen-bond donors (Lipinski definition) is 2. The number of carboxylic acids is 1. The summed E-state index contributed by atoms with van der Waals surface area (Å²) in [4.78, 5) is 18.6. The molecule has 1 heterocycles. The molecule has 0 aliphatic carbocycles. The molecular weight excluding hydrogens is 237 g/mol. The first-order valence-electron chi connectivity index (χ1n) is 5.15. The highest BCUT2D eigenvalue weighted by Crippen LogP contribution is 2.18. The molecule has 0 spiro atoms. The van der Waals surface area contributed by atoms with E-state index < -0.39 is 12.0 Å². The highest BCUT2D eigenvalue weighted by atomic mass is 19.1. The van der Waals surface area contributed by atoms with Crippen molar-refractivity contribution >= 4 is 5.97 Å². The van der Waals surface area contributed by atoms with Crippen molar-refractivity contribution in [3.05, 3.63) is 48.2 Å². The van der Waals surface area contributed by atoms with Gasteiger partial charge in [-0.15, -0.1) is 0 Å². The summed E-state index contributed by atoms with van der Waals surface area (Å²) in [6, 6.07) is 6.03. The molecule has 0 fully saturated rings. The minimum Gasteiger partial charge on any atom is -0.480 e. The zero-order valence-electron chi connectivity index (χ0n) is 9.25. The number of aliphatic carboxylic acids is 1. The van der Waals surface area contributed by atoms with Crippen molar-refractivity contribution in [2.45, 2.75) is 6.04 Å². The molecular formula is C12H10FN3O2. The summed E-state index contributed by atoms with van der Waals surface area (Å²) in [5.74, 6) is -1.54. The Kier molecular flexibility index (Phi) is 3.29. The molecule has 1 aromatic heterocycles. The van der Waals surface area contributed by atoms with Crippen LogP contribution in [0.25, 0.3) is 11.3 Å². The summed E-state index contributed by atoms with van der Waals surface area (Å²) in [6.07, 6.45) is 1.42. The van der Waals surface area contributed by atoms with Gasteiger partial charge in [0.1, 0.15) is 5.82 Å². The van der Waals surface area contributed by atoms with Crippen LogP contribution >= 0.6 is 0 Å². The molecule has 92 valence electrons. The third-order valence-electron chi connectivity index (χ3n) is 2.36. The molecule has 0 saturated carbocycles. The number of aromatic nitrogens is 2. The zero-order chi connectivity index (χ0) is 13.1. The molecule has 0 aliphatic heterocycles. The Morgan fingerprint density at radius 3 is 2.56 bits per heavy atom. The van der Waals surface area contributed by atoms with Gasteiger partial charge in [0.15, 0.2) is 11.9 Å². The van der Waals surface area contributed by atoms with Crippen LogP contribution in [0.1, 0.15) is 11.9 Å². The molecule has 1 unspecified atom stereocenters. The number of rotatable bonds is 3. The van der Waals surface area contributed by atoms with E-state index >= 15 is 0 Å². The molecule has 0 bridgehead atoms. The maximum Gasteiger partial charge on any atom is 0.328 e. The van der Waals surface area contributed by atoms with Gasteiger partial charge >= 0.3 is 5.97 Å². The van der Waals surface area contributed by atoms with Crippen LogP contribution in [0, 0.1) is 5.82 Å². The summed E-state index contributed by atoms with van der Waals surface area (Å²) >= 11 is 0. The lowest BCUT2D eigenvalue weighted by molar-refractivity contribution is -0.138. The summed E-state index contributed by atoms with van der Waals surface area (Å²) < 4.78 is 12.8. The highest BCUT2D eigenvalue weighted by molar-refractivity contribution is 5.74. The SMILES string of the molecule is NC(C(=O)O)c1nccc(-c2ccc(F)cc2)n1. The van der Waals surface area contributed by atoms with Crippen LogP contribution in [0.4, 0.5) is 4.39 Å². The minimum absolute atomic E-state index is 0.0179. The average molecular weight is 247 g/mol. The van der Waals surface area contributed by atoms with Crippen molar-refractivity contribution in [1.29, 1.82) is 0 Å². The minimum atomic E-state index is -1.27. The average Bonchev–Trinajstić information content (AvgIpc) is 2.38. The van der Waals surface area contributed by atoms with Gasteiger partial charge in [0, 0.05) is 11.8 Å². The zero-order valence-corrected chi connectivity index (χ0v) is 9.25. The lowest BCUT2D eigenvalue weighted by Crippen LogP contribution is -2.23. The standard InChI is InChI=1S/C12H10FN3O2/c13-8-3-1-7(2-4-8)9-5-6-15-11(16-9)10(14)12(17)18/h1-6,10H,14H2,(H,17,18). The van der Waals surface area contributed by atoms with E-state index in [1.165, 1.54) is 18.3 Å². The number of nitrogens with zero attached hydrogens (tertiary/aromatic N) is 2. The molecule has 1 atom stereocenters. The van der Waals surface area contributed by atoms with Crippen molar-refractivity contribution in [3.8, 4) is 11.3 Å². The van der Waals surface area contributed by atoms with Crippen LogP contribution in [0.15, 0.2) is 36.5 Å². The Morgan fingerprint density at radius 1 is 1.28 bits per heavy atom. The molecule has 2 rings (SSSR count). The summed E-state index contributed by atoms with van der Waals surface area (Å²) in [5.41, 5.74) is 6.59. The number of benzene rings is 1. The lowest BCUT2D eigenvalue weighted by atomic mass is 10.1. The van der Waals surface area contributed by atoms with E-state index in [4.69, 9.17) is 10.8 Å². The normalized spacial score (nSPS) is 12.1. The Labute approximate surface area is 102 Å². The first kappa shape index (κ1) is 12.1. The summed E-state index contributed by atoms with van der Waals surface area (Å²) in [6.45, 7) is 0. The van der Waals surface area contributed by atoms with Crippen molar-refractivity contribution in [1.82, 2.24) is 9.97 Å². The Hall–Kier alpha value is -2.34. The largest absolute Gasteiger partial charge is 0.480 e. The van der Waals surface area contributed by atoms with Gasteiger partial charge in [-0.05, 0) is 30.3 Å². The van der Waals surface area contributed by atoms with E-state index in [0.717, 1.165) is 0 Å². The van der Waals surface area contributed by atoms with Crippen LogP contribution in [-0.4, -0.2) is 21.0 Å². The second kappa shape index (κ2) is 4.89. The number of halogens is 1. The van der Waals surface area contributed by atoms with E-state index in [1.807, 2.05) is 0 Å². The van der Waals surface area contributed by atoms with Crippen molar-refractivity contribution < 1.29 is 14.3 Å². The van der Waals surface area contributed by atoms with Crippen molar-refractivity contribution in [2.24, 2.45) is 5.73 Å². The molecule has 1 aromatic carbocycles.